The first-order valence-corrected chi connectivity index (χ1v) is 8.13. The van der Waals surface area contributed by atoms with Crippen molar-refractivity contribution in [3.05, 3.63) is 54.0 Å². The van der Waals surface area contributed by atoms with Crippen molar-refractivity contribution in [3.8, 4) is 0 Å². The Bertz CT molecular complexity index is 638. The summed E-state index contributed by atoms with van der Waals surface area (Å²) in [4.78, 5) is 20.4. The Hall–Kier alpha value is -2.43. The van der Waals surface area contributed by atoms with Crippen LogP contribution in [-0.4, -0.2) is 22.0 Å². The molecule has 2 amide bonds. The molecule has 1 fully saturated rings. The van der Waals surface area contributed by atoms with Crippen LogP contribution in [0.15, 0.2) is 42.9 Å². The van der Waals surface area contributed by atoms with Gasteiger partial charge in [-0.15, -0.1) is 0 Å². The van der Waals surface area contributed by atoms with E-state index in [0.29, 0.717) is 11.7 Å². The summed E-state index contributed by atoms with van der Waals surface area (Å²) >= 11 is 0. The minimum atomic E-state index is -0.231. The first kappa shape index (κ1) is 15.5. The van der Waals surface area contributed by atoms with Gasteiger partial charge in [-0.1, -0.05) is 18.6 Å². The Morgan fingerprint density at radius 3 is 2.78 bits per heavy atom. The number of hydrogen-bond acceptors (Lipinski definition) is 3. The van der Waals surface area contributed by atoms with Crippen molar-refractivity contribution in [1.82, 2.24) is 15.3 Å². The van der Waals surface area contributed by atoms with E-state index in [1.165, 1.54) is 24.8 Å². The number of nitrogens with zero attached hydrogens (tertiary/aromatic N) is 2. The van der Waals surface area contributed by atoms with Gasteiger partial charge in [0.2, 0.25) is 0 Å². The maximum absolute atomic E-state index is 12.0. The van der Waals surface area contributed by atoms with Crippen LogP contribution < -0.4 is 10.6 Å². The van der Waals surface area contributed by atoms with E-state index in [4.69, 9.17) is 0 Å². The molecule has 120 valence electrons. The lowest BCUT2D eigenvalue weighted by Crippen LogP contribution is -2.37. The molecule has 0 radical (unpaired) electrons. The van der Waals surface area contributed by atoms with E-state index in [0.717, 1.165) is 12.0 Å². The molecular formula is C18H22N4O. The molecule has 23 heavy (non-hydrogen) atoms. The molecule has 1 saturated carbocycles. The summed E-state index contributed by atoms with van der Waals surface area (Å²) in [7, 11) is 0. The minimum absolute atomic E-state index is 0.0217. The van der Waals surface area contributed by atoms with Crippen LogP contribution in [0.2, 0.25) is 0 Å². The van der Waals surface area contributed by atoms with Gasteiger partial charge in [0.15, 0.2) is 0 Å². The highest BCUT2D eigenvalue weighted by atomic mass is 16.2. The molecular weight excluding hydrogens is 288 g/mol. The summed E-state index contributed by atoms with van der Waals surface area (Å²) in [6.45, 7) is 1.97. The van der Waals surface area contributed by atoms with Gasteiger partial charge in [-0.2, -0.15) is 0 Å². The first-order valence-electron chi connectivity index (χ1n) is 8.13. The van der Waals surface area contributed by atoms with Gasteiger partial charge >= 0.3 is 6.03 Å². The fraction of sp³-hybridized carbons (Fsp3) is 0.389. The molecule has 0 saturated heterocycles. The summed E-state index contributed by atoms with van der Waals surface area (Å²) in [5.74, 6) is 1.24. The number of hydrogen-bond donors (Lipinski definition) is 2. The molecule has 2 aromatic heterocycles. The van der Waals surface area contributed by atoms with Crippen LogP contribution in [-0.2, 0) is 6.42 Å². The highest BCUT2D eigenvalue weighted by molar-refractivity contribution is 5.88. The smallest absolute Gasteiger partial charge is 0.320 e. The minimum Gasteiger partial charge on any atom is -0.335 e. The molecule has 5 nitrogen and oxygen atoms in total. The molecule has 0 unspecified atom stereocenters. The van der Waals surface area contributed by atoms with E-state index < -0.39 is 0 Å². The number of nitrogens with one attached hydrogen (secondary N) is 2. The highest BCUT2D eigenvalue weighted by Crippen LogP contribution is 2.35. The van der Waals surface area contributed by atoms with Crippen molar-refractivity contribution in [2.45, 2.75) is 44.6 Å². The third-order valence-electron chi connectivity index (χ3n) is 4.25. The van der Waals surface area contributed by atoms with E-state index in [-0.39, 0.29) is 12.1 Å². The van der Waals surface area contributed by atoms with Crippen LogP contribution in [0.25, 0.3) is 0 Å². The second-order valence-electron chi connectivity index (χ2n) is 6.17. The van der Waals surface area contributed by atoms with Crippen molar-refractivity contribution in [2.24, 2.45) is 0 Å². The van der Waals surface area contributed by atoms with E-state index in [1.807, 2.05) is 37.5 Å². The van der Waals surface area contributed by atoms with Crippen LogP contribution in [0.1, 0.15) is 43.2 Å². The molecule has 3 rings (SSSR count). The largest absolute Gasteiger partial charge is 0.335 e. The van der Waals surface area contributed by atoms with Gasteiger partial charge in [-0.25, -0.2) is 9.78 Å². The summed E-state index contributed by atoms with van der Waals surface area (Å²) in [6, 6.07) is 7.63. The highest BCUT2D eigenvalue weighted by Gasteiger charge is 2.19. The average molecular weight is 310 g/mol. The lowest BCUT2D eigenvalue weighted by molar-refractivity contribution is 0.249. The second kappa shape index (κ2) is 7.22. The number of carbonyl (C=O) groups excluding carboxylic acids is 1. The number of amides is 2. The third kappa shape index (κ3) is 4.28. The summed E-state index contributed by atoms with van der Waals surface area (Å²) in [6.07, 6.45) is 9.99. The third-order valence-corrected chi connectivity index (χ3v) is 4.25. The zero-order valence-electron chi connectivity index (χ0n) is 13.3. The van der Waals surface area contributed by atoms with E-state index >= 15 is 0 Å². The fourth-order valence-corrected chi connectivity index (χ4v) is 2.76. The van der Waals surface area contributed by atoms with E-state index in [9.17, 15) is 4.79 Å². The van der Waals surface area contributed by atoms with Crippen molar-refractivity contribution in [2.75, 3.05) is 5.32 Å². The van der Waals surface area contributed by atoms with Gasteiger partial charge in [0.25, 0.3) is 0 Å². The quantitative estimate of drug-likeness (QED) is 0.888. The molecule has 0 aromatic carbocycles. The Morgan fingerprint density at radius 2 is 2.17 bits per heavy atom. The van der Waals surface area contributed by atoms with Crippen molar-refractivity contribution >= 4 is 11.8 Å². The number of anilines is 1. The molecule has 2 heterocycles. The summed E-state index contributed by atoms with van der Waals surface area (Å²) < 4.78 is 0. The topological polar surface area (TPSA) is 66.9 Å². The van der Waals surface area contributed by atoms with Crippen LogP contribution in [0.5, 0.6) is 0 Å². The van der Waals surface area contributed by atoms with Gasteiger partial charge in [0.05, 0.1) is 0 Å². The van der Waals surface area contributed by atoms with Crippen LogP contribution >= 0.6 is 0 Å². The molecule has 1 aliphatic carbocycles. The molecule has 2 aromatic rings. The number of carbonyl (C=O) groups is 1. The maximum Gasteiger partial charge on any atom is 0.320 e. The van der Waals surface area contributed by atoms with Gasteiger partial charge in [-0.3, -0.25) is 10.3 Å². The number of urea groups is 1. The second-order valence-corrected chi connectivity index (χ2v) is 6.17. The molecule has 0 spiro atoms. The predicted molar refractivity (Wildman–Crippen MR) is 90.4 cm³/mol. The monoisotopic (exact) mass is 310 g/mol. The molecule has 2 N–H and O–H groups in total. The van der Waals surface area contributed by atoms with Crippen molar-refractivity contribution < 1.29 is 4.79 Å². The Kier molecular flexibility index (Phi) is 4.86. The molecule has 5 heteroatoms. The Morgan fingerprint density at radius 1 is 1.30 bits per heavy atom. The SMILES string of the molecule is C[C@@H](Cc1cccnc1)NC(=O)Nc1ccc(C2CCC2)cn1. The molecule has 1 aliphatic rings. The van der Waals surface area contributed by atoms with E-state index in [2.05, 4.69) is 26.7 Å². The summed E-state index contributed by atoms with van der Waals surface area (Å²) in [5, 5.41) is 5.70. The Labute approximate surface area is 136 Å². The molecule has 0 bridgehead atoms. The number of pyridine rings is 2. The average Bonchev–Trinajstić information content (AvgIpc) is 2.48. The van der Waals surface area contributed by atoms with Gasteiger partial charge < -0.3 is 5.32 Å². The first-order chi connectivity index (χ1) is 11.2. The number of aromatic nitrogens is 2. The normalized spacial score (nSPS) is 15.5. The standard InChI is InChI=1S/C18H22N4O/c1-13(10-14-4-3-9-19-11-14)21-18(23)22-17-8-7-16(12-20-17)15-5-2-6-15/h3-4,7-9,11-13,15H,2,5-6,10H2,1H3,(H2,20,21,22,23)/t13-/m0/s1. The zero-order valence-corrected chi connectivity index (χ0v) is 13.3. The molecule has 1 atom stereocenters. The maximum atomic E-state index is 12.0. The van der Waals surface area contributed by atoms with Crippen LogP contribution in [0, 0.1) is 0 Å². The lowest BCUT2D eigenvalue weighted by atomic mass is 9.81. The molecule has 0 aliphatic heterocycles. The van der Waals surface area contributed by atoms with Crippen molar-refractivity contribution in [3.63, 3.8) is 0 Å². The van der Waals surface area contributed by atoms with E-state index in [1.54, 1.807) is 6.20 Å². The van der Waals surface area contributed by atoms with Crippen molar-refractivity contribution in [1.29, 1.82) is 0 Å². The fourth-order valence-electron chi connectivity index (χ4n) is 2.76. The lowest BCUT2D eigenvalue weighted by Gasteiger charge is -2.25. The summed E-state index contributed by atoms with van der Waals surface area (Å²) in [5.41, 5.74) is 2.37. The number of rotatable bonds is 5. The van der Waals surface area contributed by atoms with Gasteiger partial charge in [0, 0.05) is 24.6 Å². The van der Waals surface area contributed by atoms with Gasteiger partial charge in [0.1, 0.15) is 5.82 Å². The van der Waals surface area contributed by atoms with Gasteiger partial charge in [-0.05, 0) is 55.4 Å². The van der Waals surface area contributed by atoms with Crippen LogP contribution in [0.3, 0.4) is 0 Å². The van der Waals surface area contributed by atoms with Crippen LogP contribution in [0.4, 0.5) is 10.6 Å². The predicted octanol–water partition coefficient (Wildman–Crippen LogP) is 3.50. The Balaban J connectivity index is 1.48. The zero-order chi connectivity index (χ0) is 16.1.